The lowest BCUT2D eigenvalue weighted by atomic mass is 9.75. The second kappa shape index (κ2) is 7.42. The van der Waals surface area contributed by atoms with Crippen LogP contribution in [0.15, 0.2) is 30.3 Å². The van der Waals surface area contributed by atoms with Gasteiger partial charge in [-0.15, -0.1) is 0 Å². The molecular weight excluding hydrogens is 260 g/mol. The highest BCUT2D eigenvalue weighted by Gasteiger charge is 2.30. The monoisotopic (exact) mass is 292 g/mol. The molecule has 2 heteroatoms. The SMILES string of the molecule is CC(COC(C)C(C)(C)CO)C(C)(C)Cc1ccccc1. The van der Waals surface area contributed by atoms with Crippen LogP contribution in [0.3, 0.4) is 0 Å². The van der Waals surface area contributed by atoms with Crippen molar-refractivity contribution >= 4 is 0 Å². The predicted molar refractivity (Wildman–Crippen MR) is 89.4 cm³/mol. The minimum atomic E-state index is -0.191. The van der Waals surface area contributed by atoms with E-state index in [9.17, 15) is 5.11 Å². The molecule has 1 N–H and O–H groups in total. The fourth-order valence-corrected chi connectivity index (χ4v) is 2.16. The fourth-order valence-electron chi connectivity index (χ4n) is 2.16. The molecule has 0 heterocycles. The Morgan fingerprint density at radius 2 is 1.57 bits per heavy atom. The highest BCUT2D eigenvalue weighted by atomic mass is 16.5. The molecule has 0 saturated carbocycles. The lowest BCUT2D eigenvalue weighted by Crippen LogP contribution is -2.36. The molecule has 0 saturated heterocycles. The number of hydrogen-bond acceptors (Lipinski definition) is 2. The van der Waals surface area contributed by atoms with Crippen LogP contribution in [0.4, 0.5) is 0 Å². The molecular formula is C19H32O2. The van der Waals surface area contributed by atoms with E-state index in [1.807, 2.05) is 20.8 Å². The molecule has 0 aliphatic rings. The third-order valence-electron chi connectivity index (χ3n) is 4.94. The van der Waals surface area contributed by atoms with E-state index in [0.717, 1.165) is 13.0 Å². The number of benzene rings is 1. The summed E-state index contributed by atoms with van der Waals surface area (Å²) in [6.45, 7) is 13.9. The van der Waals surface area contributed by atoms with Gasteiger partial charge in [0, 0.05) is 5.41 Å². The molecule has 0 bridgehead atoms. The number of hydrogen-bond donors (Lipinski definition) is 1. The van der Waals surface area contributed by atoms with E-state index in [0.29, 0.717) is 5.92 Å². The van der Waals surface area contributed by atoms with E-state index in [1.165, 1.54) is 5.56 Å². The maximum Gasteiger partial charge on any atom is 0.0619 e. The highest BCUT2D eigenvalue weighted by Crippen LogP contribution is 2.32. The first-order chi connectivity index (χ1) is 9.69. The highest BCUT2D eigenvalue weighted by molar-refractivity contribution is 5.16. The van der Waals surface area contributed by atoms with Crippen LogP contribution < -0.4 is 0 Å². The minimum Gasteiger partial charge on any atom is -0.396 e. The van der Waals surface area contributed by atoms with Crippen LogP contribution in [0.25, 0.3) is 0 Å². The number of aliphatic hydroxyl groups is 1. The van der Waals surface area contributed by atoms with Crippen LogP contribution in [0.5, 0.6) is 0 Å². The second-order valence-electron chi connectivity index (χ2n) is 7.67. The molecule has 1 rings (SSSR count). The summed E-state index contributed by atoms with van der Waals surface area (Å²) < 4.78 is 6.02. The Balaban J connectivity index is 2.55. The molecule has 2 nitrogen and oxygen atoms in total. The van der Waals surface area contributed by atoms with Crippen molar-refractivity contribution in [3.05, 3.63) is 35.9 Å². The fraction of sp³-hybridized carbons (Fsp3) is 0.684. The molecule has 2 unspecified atom stereocenters. The van der Waals surface area contributed by atoms with Gasteiger partial charge in [0.05, 0.1) is 19.3 Å². The maximum absolute atomic E-state index is 9.40. The molecule has 0 amide bonds. The smallest absolute Gasteiger partial charge is 0.0619 e. The summed E-state index contributed by atoms with van der Waals surface area (Å²) >= 11 is 0. The van der Waals surface area contributed by atoms with Crippen molar-refractivity contribution in [3.8, 4) is 0 Å². The van der Waals surface area contributed by atoms with Crippen molar-refractivity contribution in [2.24, 2.45) is 16.7 Å². The number of rotatable bonds is 8. The van der Waals surface area contributed by atoms with Gasteiger partial charge in [0.15, 0.2) is 0 Å². The Hall–Kier alpha value is -0.860. The molecule has 1 aromatic rings. The Bertz CT molecular complexity index is 409. The average Bonchev–Trinajstić information content (AvgIpc) is 2.44. The standard InChI is InChI=1S/C19H32O2/c1-15(13-21-16(2)19(5,6)14-20)18(3,4)12-17-10-8-7-9-11-17/h7-11,15-16,20H,12-14H2,1-6H3. The number of ether oxygens (including phenoxy) is 1. The van der Waals surface area contributed by atoms with E-state index >= 15 is 0 Å². The first-order valence-corrected chi connectivity index (χ1v) is 7.95. The van der Waals surface area contributed by atoms with E-state index in [4.69, 9.17) is 4.74 Å². The van der Waals surface area contributed by atoms with Crippen LogP contribution in [-0.4, -0.2) is 24.4 Å². The molecule has 21 heavy (non-hydrogen) atoms. The molecule has 120 valence electrons. The summed E-state index contributed by atoms with van der Waals surface area (Å²) in [6.07, 6.45) is 1.10. The van der Waals surface area contributed by atoms with Gasteiger partial charge in [-0.3, -0.25) is 0 Å². The quantitative estimate of drug-likeness (QED) is 0.773. The van der Waals surface area contributed by atoms with Crippen LogP contribution in [-0.2, 0) is 11.2 Å². The largest absolute Gasteiger partial charge is 0.396 e. The average molecular weight is 292 g/mol. The van der Waals surface area contributed by atoms with Gasteiger partial charge in [-0.1, -0.05) is 65.0 Å². The zero-order chi connectivity index (χ0) is 16.1. The summed E-state index contributed by atoms with van der Waals surface area (Å²) in [4.78, 5) is 0. The van der Waals surface area contributed by atoms with Crippen molar-refractivity contribution < 1.29 is 9.84 Å². The molecule has 0 spiro atoms. The van der Waals surface area contributed by atoms with E-state index in [1.54, 1.807) is 0 Å². The third-order valence-corrected chi connectivity index (χ3v) is 4.94. The zero-order valence-corrected chi connectivity index (χ0v) is 14.5. The van der Waals surface area contributed by atoms with E-state index in [-0.39, 0.29) is 23.5 Å². The van der Waals surface area contributed by atoms with Gasteiger partial charge in [-0.2, -0.15) is 0 Å². The van der Waals surface area contributed by atoms with Crippen LogP contribution in [0, 0.1) is 16.7 Å². The van der Waals surface area contributed by atoms with E-state index in [2.05, 4.69) is 51.1 Å². The lowest BCUT2D eigenvalue weighted by Gasteiger charge is -2.35. The first kappa shape index (κ1) is 18.2. The Labute approximate surface area is 130 Å². The van der Waals surface area contributed by atoms with Gasteiger partial charge >= 0.3 is 0 Å². The molecule has 1 aromatic carbocycles. The normalized spacial score (nSPS) is 15.8. The molecule has 0 aromatic heterocycles. The molecule has 0 aliphatic carbocycles. The van der Waals surface area contributed by atoms with Gasteiger partial charge in [0.2, 0.25) is 0 Å². The van der Waals surface area contributed by atoms with Gasteiger partial charge < -0.3 is 9.84 Å². The van der Waals surface area contributed by atoms with Crippen molar-refractivity contribution in [1.29, 1.82) is 0 Å². The minimum absolute atomic E-state index is 0.0532. The predicted octanol–water partition coefficient (Wildman–Crippen LogP) is 4.32. The Morgan fingerprint density at radius 1 is 1.00 bits per heavy atom. The van der Waals surface area contributed by atoms with Crippen molar-refractivity contribution in [2.45, 2.75) is 54.1 Å². The molecule has 0 fully saturated rings. The summed E-state index contributed by atoms with van der Waals surface area (Å²) in [7, 11) is 0. The lowest BCUT2D eigenvalue weighted by molar-refractivity contribution is -0.0612. The maximum atomic E-state index is 9.40. The zero-order valence-electron chi connectivity index (χ0n) is 14.5. The molecule has 2 atom stereocenters. The first-order valence-electron chi connectivity index (χ1n) is 7.95. The van der Waals surface area contributed by atoms with Crippen LogP contribution >= 0.6 is 0 Å². The molecule has 0 aliphatic heterocycles. The topological polar surface area (TPSA) is 29.5 Å². The van der Waals surface area contributed by atoms with Crippen LogP contribution in [0.2, 0.25) is 0 Å². The van der Waals surface area contributed by atoms with Gasteiger partial charge in [0.1, 0.15) is 0 Å². The Morgan fingerprint density at radius 3 is 2.10 bits per heavy atom. The summed E-state index contributed by atoms with van der Waals surface area (Å²) in [5.41, 5.74) is 1.37. The summed E-state index contributed by atoms with van der Waals surface area (Å²) in [5.74, 6) is 0.453. The van der Waals surface area contributed by atoms with Crippen LogP contribution in [0.1, 0.15) is 47.1 Å². The summed E-state index contributed by atoms with van der Waals surface area (Å²) in [5, 5.41) is 9.40. The van der Waals surface area contributed by atoms with Gasteiger partial charge in [-0.25, -0.2) is 0 Å². The third kappa shape index (κ3) is 5.44. The summed E-state index contributed by atoms with van der Waals surface area (Å²) in [6, 6.07) is 10.6. The van der Waals surface area contributed by atoms with Gasteiger partial charge in [-0.05, 0) is 30.2 Å². The van der Waals surface area contributed by atoms with Crippen molar-refractivity contribution in [3.63, 3.8) is 0 Å². The molecule has 0 radical (unpaired) electrons. The van der Waals surface area contributed by atoms with Crippen molar-refractivity contribution in [1.82, 2.24) is 0 Å². The Kier molecular flexibility index (Phi) is 6.42. The van der Waals surface area contributed by atoms with Crippen molar-refractivity contribution in [2.75, 3.05) is 13.2 Å². The number of aliphatic hydroxyl groups excluding tert-OH is 1. The van der Waals surface area contributed by atoms with Gasteiger partial charge in [0.25, 0.3) is 0 Å². The second-order valence-corrected chi connectivity index (χ2v) is 7.67. The van der Waals surface area contributed by atoms with E-state index < -0.39 is 0 Å².